The van der Waals surface area contributed by atoms with Gasteiger partial charge in [0.2, 0.25) is 5.91 Å². The highest BCUT2D eigenvalue weighted by molar-refractivity contribution is 6.03. The van der Waals surface area contributed by atoms with Crippen LogP contribution in [0.2, 0.25) is 0 Å². The number of para-hydroxylation sites is 1. The van der Waals surface area contributed by atoms with Crippen molar-refractivity contribution >= 4 is 17.6 Å². The van der Waals surface area contributed by atoms with E-state index in [1.165, 1.54) is 0 Å². The molecule has 1 amide bonds. The predicted molar refractivity (Wildman–Crippen MR) is 91.8 cm³/mol. The molecule has 2 aromatic carbocycles. The molecule has 0 aliphatic rings. The summed E-state index contributed by atoms with van der Waals surface area (Å²) in [5, 5.41) is 17.6. The molecule has 6 nitrogen and oxygen atoms in total. The van der Waals surface area contributed by atoms with Crippen LogP contribution in [0.5, 0.6) is 0 Å². The SMILES string of the molecule is O=C([O-])/C=C/C(=O)Nc1cn(-c2ccccc2)nc1-c1ccccc1. The summed E-state index contributed by atoms with van der Waals surface area (Å²) in [5.41, 5.74) is 2.73. The Balaban J connectivity index is 1.99. The molecule has 25 heavy (non-hydrogen) atoms. The van der Waals surface area contributed by atoms with Gasteiger partial charge in [-0.25, -0.2) is 4.68 Å². The number of amides is 1. The number of rotatable bonds is 5. The lowest BCUT2D eigenvalue weighted by atomic mass is 10.1. The number of aromatic nitrogens is 2. The van der Waals surface area contributed by atoms with Crippen molar-refractivity contribution in [3.63, 3.8) is 0 Å². The quantitative estimate of drug-likeness (QED) is 0.722. The third kappa shape index (κ3) is 4.00. The Morgan fingerprint density at radius 2 is 1.60 bits per heavy atom. The van der Waals surface area contributed by atoms with Crippen molar-refractivity contribution in [2.75, 3.05) is 5.32 Å². The fourth-order valence-electron chi connectivity index (χ4n) is 2.31. The summed E-state index contributed by atoms with van der Waals surface area (Å²) < 4.78 is 1.65. The van der Waals surface area contributed by atoms with E-state index >= 15 is 0 Å². The van der Waals surface area contributed by atoms with E-state index in [4.69, 9.17) is 0 Å². The van der Waals surface area contributed by atoms with E-state index in [9.17, 15) is 14.7 Å². The molecule has 0 spiro atoms. The molecular weight excluding hydrogens is 318 g/mol. The molecule has 1 N–H and O–H groups in total. The van der Waals surface area contributed by atoms with Gasteiger partial charge in [-0.15, -0.1) is 0 Å². The largest absolute Gasteiger partial charge is 0.545 e. The third-order valence-corrected chi connectivity index (χ3v) is 3.41. The molecule has 0 aliphatic carbocycles. The van der Waals surface area contributed by atoms with Gasteiger partial charge in [0, 0.05) is 11.6 Å². The van der Waals surface area contributed by atoms with E-state index in [1.807, 2.05) is 60.7 Å². The zero-order valence-electron chi connectivity index (χ0n) is 13.1. The molecule has 3 aromatic rings. The first-order valence-electron chi connectivity index (χ1n) is 7.54. The second-order valence-electron chi connectivity index (χ2n) is 5.18. The van der Waals surface area contributed by atoms with E-state index in [0.29, 0.717) is 17.5 Å². The fraction of sp³-hybridized carbons (Fsp3) is 0. The van der Waals surface area contributed by atoms with Gasteiger partial charge in [-0.05, 0) is 18.2 Å². The number of aliphatic carboxylic acids is 1. The number of nitrogens with one attached hydrogen (secondary N) is 1. The Kier molecular flexibility index (Phi) is 4.71. The maximum absolute atomic E-state index is 11.9. The van der Waals surface area contributed by atoms with Crippen molar-refractivity contribution < 1.29 is 14.7 Å². The minimum atomic E-state index is -1.43. The summed E-state index contributed by atoms with van der Waals surface area (Å²) in [6.45, 7) is 0. The Morgan fingerprint density at radius 1 is 0.960 bits per heavy atom. The molecule has 0 atom stereocenters. The topological polar surface area (TPSA) is 87.0 Å². The standard InChI is InChI=1S/C19H15N3O3/c23-17(11-12-18(24)25)20-16-13-22(15-9-5-2-6-10-15)21-19(16)14-7-3-1-4-8-14/h1-13H,(H,20,23)(H,24,25)/p-1/b12-11+. The predicted octanol–water partition coefficient (Wildman–Crippen LogP) is 1.78. The summed E-state index contributed by atoms with van der Waals surface area (Å²) in [7, 11) is 0. The molecule has 0 fully saturated rings. The van der Waals surface area contributed by atoms with Crippen molar-refractivity contribution in [2.45, 2.75) is 0 Å². The second kappa shape index (κ2) is 7.27. The first kappa shape index (κ1) is 16.2. The minimum Gasteiger partial charge on any atom is -0.545 e. The number of hydrogen-bond donors (Lipinski definition) is 1. The van der Waals surface area contributed by atoms with Gasteiger partial charge in [0.25, 0.3) is 0 Å². The molecule has 0 bridgehead atoms. The molecule has 124 valence electrons. The van der Waals surface area contributed by atoms with Crippen LogP contribution in [0.1, 0.15) is 0 Å². The van der Waals surface area contributed by atoms with Gasteiger partial charge in [-0.2, -0.15) is 5.10 Å². The van der Waals surface area contributed by atoms with Gasteiger partial charge >= 0.3 is 0 Å². The molecule has 0 saturated carbocycles. The van der Waals surface area contributed by atoms with E-state index in [1.54, 1.807) is 10.9 Å². The van der Waals surface area contributed by atoms with E-state index < -0.39 is 11.9 Å². The number of anilines is 1. The molecule has 3 rings (SSSR count). The van der Waals surface area contributed by atoms with Crippen LogP contribution in [0.25, 0.3) is 16.9 Å². The van der Waals surface area contributed by atoms with Crippen molar-refractivity contribution in [1.29, 1.82) is 0 Å². The number of carboxylic acid groups (broad SMARTS) is 1. The van der Waals surface area contributed by atoms with Gasteiger partial charge in [-0.3, -0.25) is 4.79 Å². The zero-order chi connectivity index (χ0) is 17.6. The minimum absolute atomic E-state index is 0.475. The van der Waals surface area contributed by atoms with Gasteiger partial charge in [0.15, 0.2) is 0 Å². The van der Waals surface area contributed by atoms with Gasteiger partial charge in [0.05, 0.1) is 23.5 Å². The van der Waals surface area contributed by atoms with Crippen LogP contribution in [0.15, 0.2) is 79.0 Å². The first-order chi connectivity index (χ1) is 12.1. The summed E-state index contributed by atoms with van der Waals surface area (Å²) in [6.07, 6.45) is 3.27. The summed E-state index contributed by atoms with van der Waals surface area (Å²) in [4.78, 5) is 22.4. The Bertz CT molecular complexity index is 916. The Hall–Kier alpha value is -3.67. The number of carbonyl (C=O) groups excluding carboxylic acids is 2. The zero-order valence-corrected chi connectivity index (χ0v) is 13.1. The second-order valence-corrected chi connectivity index (χ2v) is 5.18. The Labute approximate surface area is 144 Å². The fourth-order valence-corrected chi connectivity index (χ4v) is 2.31. The Morgan fingerprint density at radius 3 is 2.24 bits per heavy atom. The molecule has 0 radical (unpaired) electrons. The monoisotopic (exact) mass is 332 g/mol. The maximum atomic E-state index is 11.9. The van der Waals surface area contributed by atoms with E-state index in [2.05, 4.69) is 10.4 Å². The lowest BCUT2D eigenvalue weighted by molar-refractivity contribution is -0.297. The normalized spacial score (nSPS) is 10.7. The number of carbonyl (C=O) groups is 2. The van der Waals surface area contributed by atoms with Crippen molar-refractivity contribution in [2.24, 2.45) is 0 Å². The third-order valence-electron chi connectivity index (χ3n) is 3.41. The summed E-state index contributed by atoms with van der Waals surface area (Å²) >= 11 is 0. The molecule has 6 heteroatoms. The molecule has 1 aromatic heterocycles. The smallest absolute Gasteiger partial charge is 0.248 e. The molecule has 0 aliphatic heterocycles. The highest BCUT2D eigenvalue weighted by Gasteiger charge is 2.13. The van der Waals surface area contributed by atoms with Crippen LogP contribution in [-0.4, -0.2) is 21.7 Å². The average molecular weight is 332 g/mol. The van der Waals surface area contributed by atoms with Crippen LogP contribution >= 0.6 is 0 Å². The number of carboxylic acids is 1. The molecular formula is C19H14N3O3-. The molecule has 0 saturated heterocycles. The lowest BCUT2D eigenvalue weighted by Gasteiger charge is -2.02. The van der Waals surface area contributed by atoms with Crippen molar-refractivity contribution in [3.8, 4) is 16.9 Å². The van der Waals surface area contributed by atoms with Gasteiger partial charge in [-0.1, -0.05) is 48.5 Å². The van der Waals surface area contributed by atoms with Gasteiger partial charge < -0.3 is 15.2 Å². The van der Waals surface area contributed by atoms with E-state index in [-0.39, 0.29) is 0 Å². The number of hydrogen-bond acceptors (Lipinski definition) is 4. The highest BCUT2D eigenvalue weighted by atomic mass is 16.4. The van der Waals surface area contributed by atoms with Crippen molar-refractivity contribution in [3.05, 3.63) is 79.0 Å². The van der Waals surface area contributed by atoms with Crippen LogP contribution in [0.4, 0.5) is 5.69 Å². The van der Waals surface area contributed by atoms with Crippen LogP contribution < -0.4 is 10.4 Å². The van der Waals surface area contributed by atoms with Crippen LogP contribution in [0, 0.1) is 0 Å². The van der Waals surface area contributed by atoms with E-state index in [0.717, 1.165) is 17.3 Å². The lowest BCUT2D eigenvalue weighted by Crippen LogP contribution is -2.20. The van der Waals surface area contributed by atoms with Crippen LogP contribution in [-0.2, 0) is 9.59 Å². The van der Waals surface area contributed by atoms with Crippen molar-refractivity contribution in [1.82, 2.24) is 9.78 Å². The maximum Gasteiger partial charge on any atom is 0.248 e. The average Bonchev–Trinajstić information content (AvgIpc) is 3.05. The van der Waals surface area contributed by atoms with Crippen LogP contribution in [0.3, 0.4) is 0 Å². The van der Waals surface area contributed by atoms with Gasteiger partial charge in [0.1, 0.15) is 5.69 Å². The number of nitrogens with zero attached hydrogens (tertiary/aromatic N) is 2. The summed E-state index contributed by atoms with van der Waals surface area (Å²) in [5.74, 6) is -2.01. The molecule has 0 unspecified atom stereocenters. The molecule has 1 heterocycles. The number of benzene rings is 2. The highest BCUT2D eigenvalue weighted by Crippen LogP contribution is 2.27. The summed E-state index contributed by atoms with van der Waals surface area (Å²) in [6, 6.07) is 18.9. The first-order valence-corrected chi connectivity index (χ1v) is 7.54.